The van der Waals surface area contributed by atoms with Crippen molar-refractivity contribution in [3.8, 4) is 0 Å². The molecule has 2 saturated carbocycles. The second-order valence-electron chi connectivity index (χ2n) is 6.57. The SMILES string of the molecule is C=C(NCc1ccnc(C)c1)C1CC12CC(C)(F)C2. The summed E-state index contributed by atoms with van der Waals surface area (Å²) in [6, 6.07) is 4.09. The van der Waals surface area contributed by atoms with Crippen molar-refractivity contribution < 1.29 is 4.39 Å². The number of hydrogen-bond donors (Lipinski definition) is 1. The van der Waals surface area contributed by atoms with Gasteiger partial charge in [0.15, 0.2) is 0 Å². The third-order valence-electron chi connectivity index (χ3n) is 4.53. The smallest absolute Gasteiger partial charge is 0.109 e. The molecule has 0 saturated heterocycles. The summed E-state index contributed by atoms with van der Waals surface area (Å²) in [5.74, 6) is 0.472. The van der Waals surface area contributed by atoms with Crippen molar-refractivity contribution in [3.05, 3.63) is 41.9 Å². The second kappa shape index (κ2) is 4.06. The topological polar surface area (TPSA) is 24.9 Å². The Labute approximate surface area is 114 Å². The minimum absolute atomic E-state index is 0.238. The Hall–Kier alpha value is -1.38. The van der Waals surface area contributed by atoms with Crippen molar-refractivity contribution in [2.75, 3.05) is 0 Å². The molecule has 0 amide bonds. The van der Waals surface area contributed by atoms with E-state index in [0.29, 0.717) is 18.8 Å². The zero-order valence-electron chi connectivity index (χ0n) is 11.7. The molecule has 2 aliphatic rings. The van der Waals surface area contributed by atoms with Gasteiger partial charge in [-0.2, -0.15) is 0 Å². The summed E-state index contributed by atoms with van der Waals surface area (Å²) in [7, 11) is 0. The number of hydrogen-bond acceptors (Lipinski definition) is 2. The first kappa shape index (κ1) is 12.6. The van der Waals surface area contributed by atoms with Crippen LogP contribution in [0.4, 0.5) is 4.39 Å². The molecule has 3 rings (SSSR count). The number of pyridine rings is 1. The van der Waals surface area contributed by atoms with Crippen LogP contribution in [0.15, 0.2) is 30.6 Å². The van der Waals surface area contributed by atoms with Gasteiger partial charge in [-0.05, 0) is 56.2 Å². The van der Waals surface area contributed by atoms with E-state index in [1.807, 2.05) is 19.2 Å². The second-order valence-corrected chi connectivity index (χ2v) is 6.57. The van der Waals surface area contributed by atoms with E-state index >= 15 is 0 Å². The average Bonchev–Trinajstić information content (AvgIpc) is 2.99. The lowest BCUT2D eigenvalue weighted by Gasteiger charge is -2.40. The van der Waals surface area contributed by atoms with Crippen molar-refractivity contribution in [3.63, 3.8) is 0 Å². The van der Waals surface area contributed by atoms with Gasteiger partial charge in [-0.1, -0.05) is 6.58 Å². The maximum Gasteiger partial charge on any atom is 0.109 e. The Morgan fingerprint density at radius 1 is 1.58 bits per heavy atom. The van der Waals surface area contributed by atoms with Crippen molar-refractivity contribution in [2.24, 2.45) is 11.3 Å². The van der Waals surface area contributed by atoms with Gasteiger partial charge in [0.2, 0.25) is 0 Å². The first-order valence-corrected chi connectivity index (χ1v) is 6.93. The standard InChI is InChI=1S/C16H21FN2/c1-11-6-13(4-5-18-11)8-19-12(2)14-7-16(14)9-15(3,17)10-16/h4-6,14,19H,2,7-10H2,1,3H3. The number of aromatic nitrogens is 1. The number of nitrogens with one attached hydrogen (secondary N) is 1. The molecule has 2 fully saturated rings. The van der Waals surface area contributed by atoms with Crippen LogP contribution in [0.1, 0.15) is 37.4 Å². The molecule has 2 nitrogen and oxygen atoms in total. The Balaban J connectivity index is 1.51. The van der Waals surface area contributed by atoms with Gasteiger partial charge in [-0.15, -0.1) is 0 Å². The molecular weight excluding hydrogens is 239 g/mol. The molecule has 2 aliphatic carbocycles. The molecule has 1 aromatic heterocycles. The first-order chi connectivity index (χ1) is 8.90. The van der Waals surface area contributed by atoms with Gasteiger partial charge >= 0.3 is 0 Å². The molecule has 1 aromatic rings. The predicted octanol–water partition coefficient (Wildman–Crippen LogP) is 3.52. The molecule has 1 heterocycles. The van der Waals surface area contributed by atoms with E-state index in [1.54, 1.807) is 6.92 Å². The van der Waals surface area contributed by atoms with Gasteiger partial charge in [-0.3, -0.25) is 4.98 Å². The van der Waals surface area contributed by atoms with E-state index in [2.05, 4.69) is 22.9 Å². The van der Waals surface area contributed by atoms with E-state index in [9.17, 15) is 4.39 Å². The van der Waals surface area contributed by atoms with Gasteiger partial charge in [0.1, 0.15) is 5.67 Å². The van der Waals surface area contributed by atoms with Crippen molar-refractivity contribution in [1.29, 1.82) is 0 Å². The summed E-state index contributed by atoms with van der Waals surface area (Å²) in [5.41, 5.74) is 2.62. The third kappa shape index (κ3) is 2.38. The van der Waals surface area contributed by atoms with Crippen LogP contribution in [-0.4, -0.2) is 10.7 Å². The molecule has 3 heteroatoms. The van der Waals surface area contributed by atoms with Crippen molar-refractivity contribution in [1.82, 2.24) is 10.3 Å². The van der Waals surface area contributed by atoms with Crippen molar-refractivity contribution >= 4 is 0 Å². The number of allylic oxidation sites excluding steroid dienone is 1. The van der Waals surface area contributed by atoms with Gasteiger partial charge in [0.25, 0.3) is 0 Å². The Morgan fingerprint density at radius 2 is 2.32 bits per heavy atom. The van der Waals surface area contributed by atoms with Crippen LogP contribution in [0.25, 0.3) is 0 Å². The lowest BCUT2D eigenvalue weighted by molar-refractivity contribution is 0.00267. The number of rotatable bonds is 4. The Morgan fingerprint density at radius 3 is 2.95 bits per heavy atom. The zero-order chi connectivity index (χ0) is 13.7. The number of aryl methyl sites for hydroxylation is 1. The normalized spacial score (nSPS) is 35.8. The molecule has 1 N–H and O–H groups in total. The summed E-state index contributed by atoms with van der Waals surface area (Å²) < 4.78 is 13.6. The lowest BCUT2D eigenvalue weighted by atomic mass is 9.69. The zero-order valence-corrected chi connectivity index (χ0v) is 11.7. The largest absolute Gasteiger partial charge is 0.384 e. The van der Waals surface area contributed by atoms with Crippen LogP contribution in [0.2, 0.25) is 0 Å². The molecular formula is C16H21FN2. The molecule has 0 aliphatic heterocycles. The third-order valence-corrected chi connectivity index (χ3v) is 4.53. The highest BCUT2D eigenvalue weighted by atomic mass is 19.1. The molecule has 102 valence electrons. The van der Waals surface area contributed by atoms with Gasteiger partial charge in [-0.25, -0.2) is 4.39 Å². The van der Waals surface area contributed by atoms with Gasteiger partial charge in [0.05, 0.1) is 0 Å². The van der Waals surface area contributed by atoms with E-state index in [1.165, 1.54) is 5.56 Å². The maximum absolute atomic E-state index is 13.6. The molecule has 0 bridgehead atoms. The molecule has 0 aromatic carbocycles. The number of nitrogens with zero attached hydrogens (tertiary/aromatic N) is 1. The summed E-state index contributed by atoms with van der Waals surface area (Å²) in [4.78, 5) is 4.18. The summed E-state index contributed by atoms with van der Waals surface area (Å²) in [6.07, 6.45) is 4.35. The number of halogens is 1. The highest BCUT2D eigenvalue weighted by molar-refractivity contribution is 5.26. The van der Waals surface area contributed by atoms with Crippen LogP contribution < -0.4 is 5.32 Å². The van der Waals surface area contributed by atoms with Crippen LogP contribution in [-0.2, 0) is 6.54 Å². The fourth-order valence-corrected chi connectivity index (χ4v) is 3.70. The first-order valence-electron chi connectivity index (χ1n) is 6.93. The van der Waals surface area contributed by atoms with Gasteiger partial charge < -0.3 is 5.32 Å². The van der Waals surface area contributed by atoms with Gasteiger partial charge in [0, 0.05) is 30.1 Å². The van der Waals surface area contributed by atoms with E-state index in [-0.39, 0.29) is 5.41 Å². The molecule has 1 unspecified atom stereocenters. The molecule has 1 spiro atoms. The summed E-state index contributed by atoms with van der Waals surface area (Å²) >= 11 is 0. The lowest BCUT2D eigenvalue weighted by Crippen LogP contribution is -2.40. The fraction of sp³-hybridized carbons (Fsp3) is 0.562. The summed E-state index contributed by atoms with van der Waals surface area (Å²) in [5, 5.41) is 3.39. The number of alkyl halides is 1. The van der Waals surface area contributed by atoms with Crippen LogP contribution >= 0.6 is 0 Å². The van der Waals surface area contributed by atoms with Crippen LogP contribution in [0, 0.1) is 18.3 Å². The minimum atomic E-state index is -0.933. The highest BCUT2D eigenvalue weighted by Gasteiger charge is 2.67. The molecule has 1 atom stereocenters. The maximum atomic E-state index is 13.6. The Kier molecular flexibility index (Phi) is 2.70. The summed E-state index contributed by atoms with van der Waals surface area (Å²) in [6.45, 7) is 8.61. The van der Waals surface area contributed by atoms with Crippen molar-refractivity contribution in [2.45, 2.75) is 45.3 Å². The molecule has 0 radical (unpaired) electrons. The average molecular weight is 260 g/mol. The monoisotopic (exact) mass is 260 g/mol. The highest BCUT2D eigenvalue weighted by Crippen LogP contribution is 2.71. The quantitative estimate of drug-likeness (QED) is 0.896. The van der Waals surface area contributed by atoms with Crippen LogP contribution in [0.3, 0.4) is 0 Å². The van der Waals surface area contributed by atoms with E-state index < -0.39 is 5.67 Å². The Bertz CT molecular complexity index is 513. The van der Waals surface area contributed by atoms with Crippen LogP contribution in [0.5, 0.6) is 0 Å². The fourth-order valence-electron chi connectivity index (χ4n) is 3.70. The van der Waals surface area contributed by atoms with E-state index in [4.69, 9.17) is 0 Å². The van der Waals surface area contributed by atoms with E-state index in [0.717, 1.165) is 24.4 Å². The minimum Gasteiger partial charge on any atom is -0.384 e. The predicted molar refractivity (Wildman–Crippen MR) is 74.2 cm³/mol. The molecule has 19 heavy (non-hydrogen) atoms.